The highest BCUT2D eigenvalue weighted by atomic mass is 16.5. The second kappa shape index (κ2) is 9.21. The minimum absolute atomic E-state index is 0.0152. The number of carbonyl (C=O) groups excluding carboxylic acids is 2. The number of rotatable bonds is 8. The van der Waals surface area contributed by atoms with E-state index >= 15 is 0 Å². The Hall–Kier alpha value is -2.83. The van der Waals surface area contributed by atoms with Gasteiger partial charge in [0.15, 0.2) is 6.10 Å². The van der Waals surface area contributed by atoms with E-state index in [1.807, 2.05) is 19.9 Å². The van der Waals surface area contributed by atoms with Crippen LogP contribution in [-0.4, -0.2) is 31.6 Å². The standard InChI is InChI=1S/C20H25NO6/c1-5-10-21-19(23)13(3)26-18(22)9-8-16-12(2)15-7-6-14(25-4)11-17(15)27-20(16)24/h6-7,11,13H,5,8-10H2,1-4H3,(H,21,23). The molecule has 1 aromatic heterocycles. The molecule has 2 rings (SSSR count). The fraction of sp³-hybridized carbons (Fsp3) is 0.450. The van der Waals surface area contributed by atoms with Crippen molar-refractivity contribution in [1.82, 2.24) is 5.32 Å². The van der Waals surface area contributed by atoms with Gasteiger partial charge in [-0.3, -0.25) is 9.59 Å². The molecular weight excluding hydrogens is 350 g/mol. The molecule has 0 spiro atoms. The zero-order chi connectivity index (χ0) is 20.0. The molecule has 0 fully saturated rings. The van der Waals surface area contributed by atoms with Gasteiger partial charge in [-0.15, -0.1) is 0 Å². The van der Waals surface area contributed by atoms with Crippen molar-refractivity contribution in [2.24, 2.45) is 0 Å². The highest BCUT2D eigenvalue weighted by Gasteiger charge is 2.19. The molecule has 0 saturated heterocycles. The summed E-state index contributed by atoms with van der Waals surface area (Å²) in [7, 11) is 1.54. The average Bonchev–Trinajstić information content (AvgIpc) is 2.65. The molecule has 0 aliphatic rings. The molecule has 1 aromatic carbocycles. The first kappa shape index (κ1) is 20.5. The number of nitrogens with one attached hydrogen (secondary N) is 1. The normalized spacial score (nSPS) is 11.9. The number of hydrogen-bond donors (Lipinski definition) is 1. The minimum Gasteiger partial charge on any atom is -0.497 e. The molecule has 27 heavy (non-hydrogen) atoms. The average molecular weight is 375 g/mol. The van der Waals surface area contributed by atoms with Crippen LogP contribution in [0.4, 0.5) is 0 Å². The van der Waals surface area contributed by atoms with Crippen molar-refractivity contribution in [3.05, 3.63) is 39.7 Å². The third-order valence-corrected chi connectivity index (χ3v) is 4.30. The maximum atomic E-state index is 12.3. The summed E-state index contributed by atoms with van der Waals surface area (Å²) < 4.78 is 15.6. The molecule has 1 amide bonds. The molecule has 1 unspecified atom stereocenters. The number of esters is 1. The Bertz CT molecular complexity index is 886. The topological polar surface area (TPSA) is 94.8 Å². The third kappa shape index (κ3) is 5.09. The first-order valence-electron chi connectivity index (χ1n) is 8.94. The van der Waals surface area contributed by atoms with E-state index in [0.717, 1.165) is 17.4 Å². The Balaban J connectivity index is 2.07. The van der Waals surface area contributed by atoms with Gasteiger partial charge in [-0.25, -0.2) is 4.79 Å². The van der Waals surface area contributed by atoms with Gasteiger partial charge in [-0.1, -0.05) is 6.92 Å². The van der Waals surface area contributed by atoms with Gasteiger partial charge in [0, 0.05) is 30.0 Å². The molecule has 1 heterocycles. The van der Waals surface area contributed by atoms with Gasteiger partial charge in [-0.2, -0.15) is 0 Å². The van der Waals surface area contributed by atoms with Crippen LogP contribution in [0.2, 0.25) is 0 Å². The molecule has 1 N–H and O–H groups in total. The van der Waals surface area contributed by atoms with E-state index in [9.17, 15) is 14.4 Å². The number of carbonyl (C=O) groups is 2. The SMILES string of the molecule is CCCNC(=O)C(C)OC(=O)CCc1c(C)c2ccc(OC)cc2oc1=O. The molecule has 0 bridgehead atoms. The quantitative estimate of drug-likeness (QED) is 0.563. The Labute approximate surface area is 157 Å². The maximum Gasteiger partial charge on any atom is 0.339 e. The number of aryl methyl sites for hydroxylation is 1. The molecule has 0 aliphatic carbocycles. The van der Waals surface area contributed by atoms with Crippen LogP contribution in [0.3, 0.4) is 0 Å². The lowest BCUT2D eigenvalue weighted by atomic mass is 10.0. The molecule has 7 heteroatoms. The van der Waals surface area contributed by atoms with E-state index < -0.39 is 17.7 Å². The van der Waals surface area contributed by atoms with Gasteiger partial charge in [-0.05, 0) is 44.4 Å². The van der Waals surface area contributed by atoms with Crippen molar-refractivity contribution >= 4 is 22.8 Å². The van der Waals surface area contributed by atoms with Gasteiger partial charge < -0.3 is 19.2 Å². The molecule has 7 nitrogen and oxygen atoms in total. The highest BCUT2D eigenvalue weighted by Crippen LogP contribution is 2.24. The minimum atomic E-state index is -0.870. The van der Waals surface area contributed by atoms with Crippen LogP contribution >= 0.6 is 0 Å². The summed E-state index contributed by atoms with van der Waals surface area (Å²) in [6.07, 6.45) is 0.0947. The van der Waals surface area contributed by atoms with Crippen LogP contribution in [0, 0.1) is 6.92 Å². The van der Waals surface area contributed by atoms with Crippen LogP contribution < -0.4 is 15.7 Å². The predicted molar refractivity (Wildman–Crippen MR) is 101 cm³/mol. The Morgan fingerprint density at radius 1 is 1.30 bits per heavy atom. The first-order valence-corrected chi connectivity index (χ1v) is 8.94. The first-order chi connectivity index (χ1) is 12.9. The number of amides is 1. The lowest BCUT2D eigenvalue weighted by molar-refractivity contribution is -0.154. The zero-order valence-corrected chi connectivity index (χ0v) is 16.1. The van der Waals surface area contributed by atoms with E-state index in [2.05, 4.69) is 5.32 Å². The van der Waals surface area contributed by atoms with Gasteiger partial charge in [0.05, 0.1) is 7.11 Å². The molecule has 1 atom stereocenters. The molecule has 0 radical (unpaired) electrons. The van der Waals surface area contributed by atoms with Crippen LogP contribution in [0.1, 0.15) is 37.8 Å². The summed E-state index contributed by atoms with van der Waals surface area (Å²) in [4.78, 5) is 36.1. The molecular formula is C20H25NO6. The van der Waals surface area contributed by atoms with Crippen LogP contribution in [0.5, 0.6) is 5.75 Å². The van der Waals surface area contributed by atoms with Crippen molar-refractivity contribution in [1.29, 1.82) is 0 Å². The fourth-order valence-corrected chi connectivity index (χ4v) is 2.72. The highest BCUT2D eigenvalue weighted by molar-refractivity contribution is 5.84. The summed E-state index contributed by atoms with van der Waals surface area (Å²) in [5.74, 6) is -0.278. The van der Waals surface area contributed by atoms with Crippen LogP contribution in [0.25, 0.3) is 11.0 Å². The number of hydrogen-bond acceptors (Lipinski definition) is 6. The molecule has 0 saturated carbocycles. The Kier molecular flexibility index (Phi) is 6.98. The molecule has 2 aromatic rings. The summed E-state index contributed by atoms with van der Waals surface area (Å²) in [5.41, 5.74) is 1.12. The van der Waals surface area contributed by atoms with Gasteiger partial charge in [0.25, 0.3) is 5.91 Å². The number of methoxy groups -OCH3 is 1. The summed E-state index contributed by atoms with van der Waals surface area (Å²) in [6.45, 7) is 5.80. The van der Waals surface area contributed by atoms with Crippen LogP contribution in [-0.2, 0) is 20.7 Å². The Morgan fingerprint density at radius 2 is 2.04 bits per heavy atom. The van der Waals surface area contributed by atoms with Gasteiger partial charge in [0.2, 0.25) is 0 Å². The molecule has 0 aliphatic heterocycles. The molecule has 146 valence electrons. The van der Waals surface area contributed by atoms with Crippen molar-refractivity contribution in [3.8, 4) is 5.75 Å². The lowest BCUT2D eigenvalue weighted by Crippen LogP contribution is -2.36. The lowest BCUT2D eigenvalue weighted by Gasteiger charge is -2.13. The van der Waals surface area contributed by atoms with Crippen molar-refractivity contribution in [2.45, 2.75) is 46.1 Å². The van der Waals surface area contributed by atoms with E-state index in [0.29, 0.717) is 23.4 Å². The number of benzene rings is 1. The van der Waals surface area contributed by atoms with E-state index in [1.54, 1.807) is 12.1 Å². The second-order valence-electron chi connectivity index (χ2n) is 6.28. The second-order valence-corrected chi connectivity index (χ2v) is 6.28. The summed E-state index contributed by atoms with van der Waals surface area (Å²) in [5, 5.41) is 3.45. The number of fused-ring (bicyclic) bond motifs is 1. The fourth-order valence-electron chi connectivity index (χ4n) is 2.72. The largest absolute Gasteiger partial charge is 0.497 e. The van der Waals surface area contributed by atoms with E-state index in [4.69, 9.17) is 13.9 Å². The van der Waals surface area contributed by atoms with Gasteiger partial charge in [0.1, 0.15) is 11.3 Å². The van der Waals surface area contributed by atoms with Crippen LogP contribution in [0.15, 0.2) is 27.4 Å². The van der Waals surface area contributed by atoms with Crippen molar-refractivity contribution in [3.63, 3.8) is 0 Å². The predicted octanol–water partition coefficient (Wildman–Crippen LogP) is 2.50. The summed E-state index contributed by atoms with van der Waals surface area (Å²) in [6, 6.07) is 5.25. The monoisotopic (exact) mass is 375 g/mol. The number of ether oxygens (including phenoxy) is 2. The zero-order valence-electron chi connectivity index (χ0n) is 16.1. The van der Waals surface area contributed by atoms with E-state index in [1.165, 1.54) is 14.0 Å². The maximum absolute atomic E-state index is 12.3. The smallest absolute Gasteiger partial charge is 0.339 e. The third-order valence-electron chi connectivity index (χ3n) is 4.30. The van der Waals surface area contributed by atoms with Gasteiger partial charge >= 0.3 is 11.6 Å². The Morgan fingerprint density at radius 3 is 2.70 bits per heavy atom. The summed E-state index contributed by atoms with van der Waals surface area (Å²) >= 11 is 0. The van der Waals surface area contributed by atoms with Crippen molar-refractivity contribution in [2.75, 3.05) is 13.7 Å². The van der Waals surface area contributed by atoms with E-state index in [-0.39, 0.29) is 18.7 Å². The van der Waals surface area contributed by atoms with Crippen molar-refractivity contribution < 1.29 is 23.5 Å².